The first kappa shape index (κ1) is 19.4. The topological polar surface area (TPSA) is 134 Å². The standard InChI is InChI=1S/C18H23N5O5S/c1-10(2)19-18(24)27-12-7-6-11(8-12)15-9-16(22-21-15)20-13-4-3-5-14-17(13)28-29(25,26)23-14/h3-5,9-12,23H,6-8H2,1-2H3,(H,19,24)(H2,20,21,22)/t11-,12?/m0/s1. The molecule has 2 atom stereocenters. The minimum absolute atomic E-state index is 0.0366. The first-order chi connectivity index (χ1) is 13.8. The van der Waals surface area contributed by atoms with Crippen LogP contribution in [0.3, 0.4) is 0 Å². The van der Waals surface area contributed by atoms with Crippen LogP contribution in [0, 0.1) is 0 Å². The van der Waals surface area contributed by atoms with Crippen molar-refractivity contribution in [2.45, 2.75) is 51.2 Å². The van der Waals surface area contributed by atoms with E-state index in [1.165, 1.54) is 0 Å². The maximum Gasteiger partial charge on any atom is 0.407 e. The van der Waals surface area contributed by atoms with Crippen LogP contribution in [0.25, 0.3) is 0 Å². The quantitative estimate of drug-likeness (QED) is 0.583. The highest BCUT2D eigenvalue weighted by atomic mass is 32.2. The number of carbonyl (C=O) groups is 1. The molecule has 1 unspecified atom stereocenters. The molecule has 4 rings (SSSR count). The average molecular weight is 421 g/mol. The molecule has 29 heavy (non-hydrogen) atoms. The van der Waals surface area contributed by atoms with Gasteiger partial charge in [0.05, 0.1) is 11.4 Å². The fourth-order valence-corrected chi connectivity index (χ4v) is 4.44. The summed E-state index contributed by atoms with van der Waals surface area (Å²) in [5.74, 6) is 0.959. The van der Waals surface area contributed by atoms with Gasteiger partial charge in [-0.1, -0.05) is 6.07 Å². The molecule has 156 valence electrons. The molecule has 11 heteroatoms. The Bertz CT molecular complexity index is 1020. The first-order valence-corrected chi connectivity index (χ1v) is 10.8. The molecule has 1 aromatic carbocycles. The summed E-state index contributed by atoms with van der Waals surface area (Å²) in [6, 6.07) is 6.96. The number of nitrogens with one attached hydrogen (secondary N) is 4. The minimum Gasteiger partial charge on any atom is -0.446 e. The van der Waals surface area contributed by atoms with Gasteiger partial charge in [0, 0.05) is 23.7 Å². The van der Waals surface area contributed by atoms with Crippen LogP contribution in [-0.4, -0.2) is 36.9 Å². The largest absolute Gasteiger partial charge is 0.446 e. The van der Waals surface area contributed by atoms with E-state index in [-0.39, 0.29) is 29.9 Å². The molecule has 0 spiro atoms. The molecule has 2 aromatic rings. The van der Waals surface area contributed by atoms with Gasteiger partial charge in [-0.05, 0) is 45.2 Å². The number of alkyl carbamates (subject to hydrolysis) is 1. The second kappa shape index (κ2) is 7.47. The van der Waals surface area contributed by atoms with Crippen molar-refractivity contribution in [2.24, 2.45) is 0 Å². The van der Waals surface area contributed by atoms with Gasteiger partial charge < -0.3 is 19.6 Å². The molecule has 1 amide bonds. The van der Waals surface area contributed by atoms with Crippen LogP contribution >= 0.6 is 0 Å². The lowest BCUT2D eigenvalue weighted by atomic mass is 10.0. The monoisotopic (exact) mass is 421 g/mol. The third-order valence-electron chi connectivity index (χ3n) is 4.81. The SMILES string of the molecule is CC(C)NC(=O)OC1CC[C@H](c2cc(Nc3cccc4c3OS(=O)(=O)N4)n[nH]2)C1. The van der Waals surface area contributed by atoms with Crippen LogP contribution in [0.15, 0.2) is 24.3 Å². The zero-order chi connectivity index (χ0) is 20.6. The van der Waals surface area contributed by atoms with Gasteiger partial charge in [-0.15, -0.1) is 0 Å². The summed E-state index contributed by atoms with van der Waals surface area (Å²) in [6.07, 6.45) is 1.88. The van der Waals surface area contributed by atoms with E-state index in [0.717, 1.165) is 25.0 Å². The zero-order valence-electron chi connectivity index (χ0n) is 16.1. The van der Waals surface area contributed by atoms with Crippen molar-refractivity contribution in [3.8, 4) is 5.75 Å². The predicted octanol–water partition coefficient (Wildman–Crippen LogP) is 2.97. The van der Waals surface area contributed by atoms with E-state index in [4.69, 9.17) is 8.92 Å². The van der Waals surface area contributed by atoms with Gasteiger partial charge in [-0.2, -0.15) is 13.5 Å². The van der Waals surface area contributed by atoms with Gasteiger partial charge in [0.2, 0.25) is 0 Å². The highest BCUT2D eigenvalue weighted by molar-refractivity contribution is 7.88. The van der Waals surface area contributed by atoms with Crippen molar-refractivity contribution in [3.63, 3.8) is 0 Å². The van der Waals surface area contributed by atoms with Gasteiger partial charge in [0.15, 0.2) is 11.6 Å². The third kappa shape index (κ3) is 4.39. The number of hydrogen-bond acceptors (Lipinski definition) is 7. The molecule has 0 radical (unpaired) electrons. The Morgan fingerprint density at radius 2 is 2.17 bits per heavy atom. The summed E-state index contributed by atoms with van der Waals surface area (Å²) in [4.78, 5) is 11.8. The third-order valence-corrected chi connectivity index (χ3v) is 5.66. The number of para-hydroxylation sites is 1. The van der Waals surface area contributed by atoms with Crippen molar-refractivity contribution < 1.29 is 22.1 Å². The van der Waals surface area contributed by atoms with Crippen LogP contribution in [0.2, 0.25) is 0 Å². The van der Waals surface area contributed by atoms with E-state index in [2.05, 4.69) is 25.6 Å². The van der Waals surface area contributed by atoms with Crippen LogP contribution in [0.4, 0.5) is 22.0 Å². The smallest absolute Gasteiger partial charge is 0.407 e. The number of carbonyl (C=O) groups excluding carboxylic acids is 1. The Balaban J connectivity index is 1.39. The van der Waals surface area contributed by atoms with Gasteiger partial charge in [0.25, 0.3) is 0 Å². The molecule has 0 saturated heterocycles. The van der Waals surface area contributed by atoms with E-state index in [0.29, 0.717) is 17.2 Å². The Morgan fingerprint density at radius 3 is 2.97 bits per heavy atom. The lowest BCUT2D eigenvalue weighted by Crippen LogP contribution is -2.33. The number of fused-ring (bicyclic) bond motifs is 1. The lowest BCUT2D eigenvalue weighted by molar-refractivity contribution is 0.0981. The molecule has 2 heterocycles. The Labute approximate surface area is 168 Å². The zero-order valence-corrected chi connectivity index (χ0v) is 16.9. The van der Waals surface area contributed by atoms with Gasteiger partial charge in [-0.25, -0.2) is 9.52 Å². The average Bonchev–Trinajstić information content (AvgIpc) is 3.32. The summed E-state index contributed by atoms with van der Waals surface area (Å²) >= 11 is 0. The molecular formula is C18H23N5O5S. The van der Waals surface area contributed by atoms with Gasteiger partial charge in [-0.3, -0.25) is 5.10 Å². The fraction of sp³-hybridized carbons (Fsp3) is 0.444. The Morgan fingerprint density at radius 1 is 1.34 bits per heavy atom. The number of H-pyrrole nitrogens is 1. The molecule has 1 aliphatic carbocycles. The molecule has 4 N–H and O–H groups in total. The number of nitrogens with zero attached hydrogens (tertiary/aromatic N) is 1. The second-order valence-corrected chi connectivity index (χ2v) is 8.77. The first-order valence-electron chi connectivity index (χ1n) is 9.44. The molecule has 0 bridgehead atoms. The molecular weight excluding hydrogens is 398 g/mol. The molecule has 1 fully saturated rings. The summed E-state index contributed by atoms with van der Waals surface area (Å²) in [6.45, 7) is 3.77. The Kier molecular flexibility index (Phi) is 4.99. The van der Waals surface area contributed by atoms with Crippen molar-refractivity contribution in [1.82, 2.24) is 15.5 Å². The fourth-order valence-electron chi connectivity index (χ4n) is 3.57. The maximum atomic E-state index is 11.8. The van der Waals surface area contributed by atoms with E-state index in [9.17, 15) is 13.2 Å². The molecule has 1 saturated carbocycles. The maximum absolute atomic E-state index is 11.8. The van der Waals surface area contributed by atoms with Crippen molar-refractivity contribution in [2.75, 3.05) is 10.0 Å². The summed E-state index contributed by atoms with van der Waals surface area (Å²) < 4.78 is 36.0. The van der Waals surface area contributed by atoms with Crippen LogP contribution in [0.1, 0.15) is 44.7 Å². The Hall–Kier alpha value is -2.95. The predicted molar refractivity (Wildman–Crippen MR) is 107 cm³/mol. The van der Waals surface area contributed by atoms with Gasteiger partial charge in [0.1, 0.15) is 6.10 Å². The van der Waals surface area contributed by atoms with Crippen molar-refractivity contribution in [1.29, 1.82) is 0 Å². The lowest BCUT2D eigenvalue weighted by Gasteiger charge is -2.14. The van der Waals surface area contributed by atoms with Crippen molar-refractivity contribution >= 4 is 33.6 Å². The van der Waals surface area contributed by atoms with Crippen LogP contribution in [0.5, 0.6) is 5.75 Å². The summed E-state index contributed by atoms with van der Waals surface area (Å²) in [5.41, 5.74) is 1.80. The van der Waals surface area contributed by atoms with E-state index in [1.54, 1.807) is 18.2 Å². The molecule has 10 nitrogen and oxygen atoms in total. The number of aromatic amines is 1. The van der Waals surface area contributed by atoms with Crippen LogP contribution in [-0.2, 0) is 15.0 Å². The van der Waals surface area contributed by atoms with Crippen molar-refractivity contribution in [3.05, 3.63) is 30.0 Å². The number of benzene rings is 1. The van der Waals surface area contributed by atoms with E-state index >= 15 is 0 Å². The summed E-state index contributed by atoms with van der Waals surface area (Å²) in [7, 11) is -3.82. The number of anilines is 3. The normalized spacial score (nSPS) is 21.9. The summed E-state index contributed by atoms with van der Waals surface area (Å²) in [5, 5.41) is 13.1. The number of rotatable bonds is 5. The minimum atomic E-state index is -3.82. The highest BCUT2D eigenvalue weighted by Crippen LogP contribution is 2.41. The molecule has 2 aliphatic rings. The van der Waals surface area contributed by atoms with E-state index < -0.39 is 10.3 Å². The molecule has 1 aliphatic heterocycles. The molecule has 1 aromatic heterocycles. The number of amides is 1. The number of ether oxygens (including phenoxy) is 1. The van der Waals surface area contributed by atoms with E-state index in [1.807, 2.05) is 19.9 Å². The highest BCUT2D eigenvalue weighted by Gasteiger charge is 2.31. The van der Waals surface area contributed by atoms with Gasteiger partial charge >= 0.3 is 16.4 Å². The number of aromatic nitrogens is 2. The number of hydrogen-bond donors (Lipinski definition) is 4. The van der Waals surface area contributed by atoms with Crippen LogP contribution < -0.4 is 19.5 Å². The second-order valence-electron chi connectivity index (χ2n) is 7.49.